The minimum Gasteiger partial charge on any atom is -0.484 e. The molecule has 1 N–H and O–H groups in total. The average molecular weight is 460 g/mol. The number of hydrogen-bond acceptors (Lipinski definition) is 5. The summed E-state index contributed by atoms with van der Waals surface area (Å²) in [6.07, 6.45) is 3.60. The summed E-state index contributed by atoms with van der Waals surface area (Å²) in [5, 5.41) is 2.96. The molecule has 0 saturated carbocycles. The van der Waals surface area contributed by atoms with Gasteiger partial charge in [0.1, 0.15) is 5.75 Å². The SMILES string of the molecule is CC1CCN(c2ccc(C(C)NC(=O)COc3ccc(N(C)S(C)(=O)=O)cc3)cc2)CC1. The lowest BCUT2D eigenvalue weighted by atomic mass is 9.98. The van der Waals surface area contributed by atoms with E-state index >= 15 is 0 Å². The van der Waals surface area contributed by atoms with Crippen LogP contribution in [0.1, 0.15) is 38.3 Å². The Morgan fingerprint density at radius 1 is 1.12 bits per heavy atom. The summed E-state index contributed by atoms with van der Waals surface area (Å²) in [7, 11) is -1.83. The molecule has 1 aliphatic heterocycles. The molecule has 7 nitrogen and oxygen atoms in total. The number of ether oxygens (including phenoxy) is 1. The molecule has 1 unspecified atom stereocenters. The van der Waals surface area contributed by atoms with Gasteiger partial charge in [-0.3, -0.25) is 9.10 Å². The first kappa shape index (κ1) is 23.9. The van der Waals surface area contributed by atoms with Gasteiger partial charge in [0.25, 0.3) is 5.91 Å². The monoisotopic (exact) mass is 459 g/mol. The molecule has 2 aromatic rings. The third kappa shape index (κ3) is 6.38. The topological polar surface area (TPSA) is 79.0 Å². The second-order valence-electron chi connectivity index (χ2n) is 8.56. The Kier molecular flexibility index (Phi) is 7.66. The molecule has 0 aromatic heterocycles. The molecule has 0 bridgehead atoms. The van der Waals surface area contributed by atoms with E-state index in [1.165, 1.54) is 29.9 Å². The third-order valence-corrected chi connectivity index (χ3v) is 7.19. The van der Waals surface area contributed by atoms with Crippen LogP contribution in [0.3, 0.4) is 0 Å². The van der Waals surface area contributed by atoms with E-state index in [1.807, 2.05) is 6.92 Å². The van der Waals surface area contributed by atoms with Crippen molar-refractivity contribution < 1.29 is 17.9 Å². The molecule has 3 rings (SSSR count). The first-order chi connectivity index (χ1) is 15.1. The normalized spacial score (nSPS) is 15.8. The highest BCUT2D eigenvalue weighted by Crippen LogP contribution is 2.25. The van der Waals surface area contributed by atoms with Crippen LogP contribution in [0.15, 0.2) is 48.5 Å². The highest BCUT2D eigenvalue weighted by molar-refractivity contribution is 7.92. The Morgan fingerprint density at radius 3 is 2.28 bits per heavy atom. The molecule has 0 radical (unpaired) electrons. The van der Waals surface area contributed by atoms with Crippen molar-refractivity contribution in [3.63, 3.8) is 0 Å². The number of carbonyl (C=O) groups is 1. The molecule has 8 heteroatoms. The van der Waals surface area contributed by atoms with Gasteiger partial charge in [-0.15, -0.1) is 0 Å². The van der Waals surface area contributed by atoms with Gasteiger partial charge < -0.3 is 15.0 Å². The van der Waals surface area contributed by atoms with Crippen molar-refractivity contribution in [1.82, 2.24) is 5.32 Å². The molecule has 1 saturated heterocycles. The van der Waals surface area contributed by atoms with Crippen LogP contribution in [-0.4, -0.2) is 47.3 Å². The van der Waals surface area contributed by atoms with Crippen molar-refractivity contribution in [3.8, 4) is 5.75 Å². The van der Waals surface area contributed by atoms with Crippen molar-refractivity contribution in [3.05, 3.63) is 54.1 Å². The first-order valence-corrected chi connectivity index (χ1v) is 12.8. The fourth-order valence-electron chi connectivity index (χ4n) is 3.70. The van der Waals surface area contributed by atoms with Gasteiger partial charge in [-0.2, -0.15) is 0 Å². The van der Waals surface area contributed by atoms with E-state index in [-0.39, 0.29) is 18.6 Å². The molecule has 32 heavy (non-hydrogen) atoms. The number of nitrogens with one attached hydrogen (secondary N) is 1. The second kappa shape index (κ2) is 10.3. The zero-order valence-corrected chi connectivity index (χ0v) is 20.1. The summed E-state index contributed by atoms with van der Waals surface area (Å²) >= 11 is 0. The van der Waals surface area contributed by atoms with E-state index in [4.69, 9.17) is 4.74 Å². The molecule has 1 fully saturated rings. The van der Waals surface area contributed by atoms with Crippen molar-refractivity contribution in [2.75, 3.05) is 42.2 Å². The van der Waals surface area contributed by atoms with E-state index in [9.17, 15) is 13.2 Å². The van der Waals surface area contributed by atoms with Crippen molar-refractivity contribution in [1.29, 1.82) is 0 Å². The molecule has 1 heterocycles. The fourth-order valence-corrected chi connectivity index (χ4v) is 4.20. The van der Waals surface area contributed by atoms with Crippen LogP contribution >= 0.6 is 0 Å². The lowest BCUT2D eigenvalue weighted by Gasteiger charge is -2.32. The number of benzene rings is 2. The summed E-state index contributed by atoms with van der Waals surface area (Å²) in [5.41, 5.74) is 2.80. The minimum atomic E-state index is -3.32. The third-order valence-electron chi connectivity index (χ3n) is 5.99. The van der Waals surface area contributed by atoms with Gasteiger partial charge in [0.05, 0.1) is 18.0 Å². The molecule has 174 valence electrons. The molecule has 1 aliphatic rings. The van der Waals surface area contributed by atoms with E-state index in [1.54, 1.807) is 24.3 Å². The number of sulfonamides is 1. The number of anilines is 2. The summed E-state index contributed by atoms with van der Waals surface area (Å²) in [4.78, 5) is 14.7. The fraction of sp³-hybridized carbons (Fsp3) is 0.458. The van der Waals surface area contributed by atoms with Crippen molar-refractivity contribution in [2.24, 2.45) is 5.92 Å². The zero-order valence-electron chi connectivity index (χ0n) is 19.2. The number of nitrogens with zero attached hydrogens (tertiary/aromatic N) is 2. The minimum absolute atomic E-state index is 0.115. The highest BCUT2D eigenvalue weighted by atomic mass is 32.2. The van der Waals surface area contributed by atoms with Gasteiger partial charge in [-0.05, 0) is 67.6 Å². The molecule has 2 aromatic carbocycles. The Morgan fingerprint density at radius 2 is 1.72 bits per heavy atom. The predicted molar refractivity (Wildman–Crippen MR) is 129 cm³/mol. The maximum absolute atomic E-state index is 12.3. The predicted octanol–water partition coefficient (Wildman–Crippen LogP) is 3.57. The Labute approximate surface area is 191 Å². The Bertz CT molecular complexity index is 999. The van der Waals surface area contributed by atoms with Crippen molar-refractivity contribution in [2.45, 2.75) is 32.7 Å². The molecule has 0 aliphatic carbocycles. The smallest absolute Gasteiger partial charge is 0.258 e. The highest BCUT2D eigenvalue weighted by Gasteiger charge is 2.17. The van der Waals surface area contributed by atoms with Gasteiger partial charge >= 0.3 is 0 Å². The van der Waals surface area contributed by atoms with Crippen LogP contribution in [0.2, 0.25) is 0 Å². The van der Waals surface area contributed by atoms with Crippen LogP contribution in [0, 0.1) is 5.92 Å². The van der Waals surface area contributed by atoms with Gasteiger partial charge in [-0.25, -0.2) is 8.42 Å². The maximum Gasteiger partial charge on any atom is 0.258 e. The van der Waals surface area contributed by atoms with E-state index < -0.39 is 10.0 Å². The summed E-state index contributed by atoms with van der Waals surface area (Å²) < 4.78 is 29.9. The number of hydrogen-bond donors (Lipinski definition) is 1. The van der Waals surface area contributed by atoms with Crippen LogP contribution < -0.4 is 19.3 Å². The number of carbonyl (C=O) groups excluding carboxylic acids is 1. The van der Waals surface area contributed by atoms with Crippen LogP contribution in [0.5, 0.6) is 5.75 Å². The summed E-state index contributed by atoms with van der Waals surface area (Å²) in [5.74, 6) is 1.08. The van der Waals surface area contributed by atoms with Gasteiger partial charge in [-0.1, -0.05) is 19.1 Å². The van der Waals surface area contributed by atoms with Gasteiger partial charge in [0, 0.05) is 25.8 Å². The molecule has 1 atom stereocenters. The van der Waals surface area contributed by atoms with Crippen LogP contribution in [0.25, 0.3) is 0 Å². The van der Waals surface area contributed by atoms with Crippen LogP contribution in [0.4, 0.5) is 11.4 Å². The zero-order chi connectivity index (χ0) is 23.3. The van der Waals surface area contributed by atoms with E-state index in [0.717, 1.165) is 30.8 Å². The molecule has 0 spiro atoms. The Balaban J connectivity index is 1.48. The lowest BCUT2D eigenvalue weighted by Crippen LogP contribution is -2.33. The van der Waals surface area contributed by atoms with E-state index in [0.29, 0.717) is 11.4 Å². The standard InChI is InChI=1S/C24H33N3O4S/c1-18-13-15-27(16-14-18)22-7-5-20(6-8-22)19(2)25-24(28)17-31-23-11-9-21(10-12-23)26(3)32(4,29)30/h5-12,18-19H,13-17H2,1-4H3,(H,25,28). The Hall–Kier alpha value is -2.74. The summed E-state index contributed by atoms with van der Waals surface area (Å²) in [6.45, 7) is 6.33. The van der Waals surface area contributed by atoms with Gasteiger partial charge in [0.2, 0.25) is 10.0 Å². The average Bonchev–Trinajstić information content (AvgIpc) is 2.77. The van der Waals surface area contributed by atoms with Gasteiger partial charge in [0.15, 0.2) is 6.61 Å². The molecule has 1 amide bonds. The molecular weight excluding hydrogens is 426 g/mol. The van der Waals surface area contributed by atoms with Crippen LogP contribution in [-0.2, 0) is 14.8 Å². The van der Waals surface area contributed by atoms with E-state index in [2.05, 4.69) is 41.4 Å². The number of rotatable bonds is 8. The quantitative estimate of drug-likeness (QED) is 0.653. The maximum atomic E-state index is 12.3. The second-order valence-corrected chi connectivity index (χ2v) is 10.6. The lowest BCUT2D eigenvalue weighted by molar-refractivity contribution is -0.123. The summed E-state index contributed by atoms with van der Waals surface area (Å²) in [6, 6.07) is 14.8. The first-order valence-electron chi connectivity index (χ1n) is 10.9. The number of piperidine rings is 1. The van der Waals surface area contributed by atoms with Crippen molar-refractivity contribution >= 4 is 27.3 Å². The largest absolute Gasteiger partial charge is 0.484 e. The molecular formula is C24H33N3O4S. The number of amides is 1.